The summed E-state index contributed by atoms with van der Waals surface area (Å²) in [6.07, 6.45) is 1.07. The summed E-state index contributed by atoms with van der Waals surface area (Å²) in [7, 11) is 0. The van der Waals surface area contributed by atoms with Crippen LogP contribution in [0, 0.1) is 16.2 Å². The Balaban J connectivity index is 2.24. The summed E-state index contributed by atoms with van der Waals surface area (Å²) in [5.41, 5.74) is -0.296. The van der Waals surface area contributed by atoms with Crippen molar-refractivity contribution in [3.63, 3.8) is 0 Å². The summed E-state index contributed by atoms with van der Waals surface area (Å²) in [6, 6.07) is 7.86. The minimum Gasteiger partial charge on any atom is -0.481 e. The smallest absolute Gasteiger partial charge is 0.309 e. The molecule has 4 nitrogen and oxygen atoms in total. The molecule has 0 aliphatic heterocycles. The molecule has 1 aromatic carbocycles. The van der Waals surface area contributed by atoms with E-state index in [2.05, 4.69) is 19.2 Å². The molecule has 0 bridgehead atoms. The fourth-order valence-corrected chi connectivity index (χ4v) is 3.73. The van der Waals surface area contributed by atoms with Crippen molar-refractivity contribution < 1.29 is 14.7 Å². The Morgan fingerprint density at radius 3 is 1.92 bits per heavy atom. The van der Waals surface area contributed by atoms with Gasteiger partial charge in [-0.15, -0.1) is 0 Å². The van der Waals surface area contributed by atoms with E-state index in [1.165, 1.54) is 5.56 Å². The lowest BCUT2D eigenvalue weighted by Gasteiger charge is -2.44. The zero-order chi connectivity index (χ0) is 18.3. The molecule has 1 aliphatic carbocycles. The maximum Gasteiger partial charge on any atom is 0.309 e. The molecule has 2 rings (SSSR count). The molecule has 2 unspecified atom stereocenters. The molecule has 2 atom stereocenters. The molecule has 24 heavy (non-hydrogen) atoms. The second-order valence-corrected chi connectivity index (χ2v) is 8.33. The SMILES string of the molecule is CC(C)c1ccc(NC(=O)C2(C)CCC(C)(C(=O)O)C2(C)C)cc1. The second kappa shape index (κ2) is 5.91. The Hall–Kier alpha value is -1.84. The molecular formula is C20H29NO3. The lowest BCUT2D eigenvalue weighted by molar-refractivity contribution is -0.157. The summed E-state index contributed by atoms with van der Waals surface area (Å²) in [5.74, 6) is -0.489. The molecule has 1 aliphatic rings. The van der Waals surface area contributed by atoms with Gasteiger partial charge < -0.3 is 10.4 Å². The van der Waals surface area contributed by atoms with Gasteiger partial charge >= 0.3 is 5.97 Å². The first-order valence-electron chi connectivity index (χ1n) is 8.60. The molecule has 0 spiro atoms. The van der Waals surface area contributed by atoms with Gasteiger partial charge in [-0.3, -0.25) is 9.59 Å². The quantitative estimate of drug-likeness (QED) is 0.843. The Labute approximate surface area is 144 Å². The molecule has 1 saturated carbocycles. The molecule has 0 radical (unpaired) electrons. The first kappa shape index (κ1) is 18.5. The maximum atomic E-state index is 13.0. The summed E-state index contributed by atoms with van der Waals surface area (Å²) in [4.78, 5) is 24.8. The predicted octanol–water partition coefficient (Wildman–Crippen LogP) is 4.67. The zero-order valence-corrected chi connectivity index (χ0v) is 15.6. The third-order valence-corrected chi connectivity index (χ3v) is 6.69. The number of carboxylic acid groups (broad SMARTS) is 1. The van der Waals surface area contributed by atoms with E-state index in [0.717, 1.165) is 5.69 Å². The van der Waals surface area contributed by atoms with E-state index in [9.17, 15) is 14.7 Å². The highest BCUT2D eigenvalue weighted by Gasteiger charge is 2.64. The van der Waals surface area contributed by atoms with Crippen molar-refractivity contribution in [3.05, 3.63) is 29.8 Å². The highest BCUT2D eigenvalue weighted by molar-refractivity contribution is 5.97. The van der Waals surface area contributed by atoms with Crippen molar-refractivity contribution in [2.75, 3.05) is 5.32 Å². The lowest BCUT2D eigenvalue weighted by Crippen LogP contribution is -2.49. The minimum atomic E-state index is -0.902. The second-order valence-electron chi connectivity index (χ2n) is 8.33. The number of nitrogens with one attached hydrogen (secondary N) is 1. The van der Waals surface area contributed by atoms with Gasteiger partial charge in [-0.25, -0.2) is 0 Å². The van der Waals surface area contributed by atoms with Crippen LogP contribution < -0.4 is 5.32 Å². The third kappa shape index (κ3) is 2.62. The average molecular weight is 331 g/mol. The summed E-state index contributed by atoms with van der Waals surface area (Å²) in [5, 5.41) is 12.7. The molecule has 0 saturated heterocycles. The van der Waals surface area contributed by atoms with Crippen molar-refractivity contribution in [2.45, 2.75) is 60.3 Å². The number of amides is 1. The number of benzene rings is 1. The van der Waals surface area contributed by atoms with Crippen molar-refractivity contribution >= 4 is 17.6 Å². The van der Waals surface area contributed by atoms with Gasteiger partial charge in [0.2, 0.25) is 5.91 Å². The summed E-state index contributed by atoms with van der Waals surface area (Å²) >= 11 is 0. The van der Waals surface area contributed by atoms with Gasteiger partial charge in [-0.05, 0) is 48.8 Å². The molecule has 1 amide bonds. The third-order valence-electron chi connectivity index (χ3n) is 6.69. The largest absolute Gasteiger partial charge is 0.481 e. The van der Waals surface area contributed by atoms with E-state index < -0.39 is 22.2 Å². The molecule has 0 heterocycles. The molecule has 132 valence electrons. The van der Waals surface area contributed by atoms with Gasteiger partial charge in [0.05, 0.1) is 10.8 Å². The van der Waals surface area contributed by atoms with Crippen LogP contribution in [0.15, 0.2) is 24.3 Å². The summed E-state index contributed by atoms with van der Waals surface area (Å²) in [6.45, 7) is 11.7. The van der Waals surface area contributed by atoms with Gasteiger partial charge in [0.1, 0.15) is 0 Å². The number of aliphatic carboxylic acids is 1. The fraction of sp³-hybridized carbons (Fsp3) is 0.600. The number of carboxylic acids is 1. The van der Waals surface area contributed by atoms with Gasteiger partial charge in [-0.1, -0.05) is 46.8 Å². The van der Waals surface area contributed by atoms with Crippen LogP contribution in [0.1, 0.15) is 65.9 Å². The molecule has 0 aromatic heterocycles. The van der Waals surface area contributed by atoms with E-state index >= 15 is 0 Å². The topological polar surface area (TPSA) is 66.4 Å². The van der Waals surface area contributed by atoms with E-state index in [-0.39, 0.29) is 5.91 Å². The average Bonchev–Trinajstić information content (AvgIpc) is 2.70. The van der Waals surface area contributed by atoms with Gasteiger partial charge in [-0.2, -0.15) is 0 Å². The van der Waals surface area contributed by atoms with Gasteiger partial charge in [0.15, 0.2) is 0 Å². The Morgan fingerprint density at radius 2 is 1.50 bits per heavy atom. The first-order chi connectivity index (χ1) is 11.0. The number of anilines is 1. The van der Waals surface area contributed by atoms with Crippen LogP contribution in [0.4, 0.5) is 5.69 Å². The maximum absolute atomic E-state index is 13.0. The Kier molecular flexibility index (Phi) is 4.55. The standard InChI is InChI=1S/C20H29NO3/c1-13(2)14-7-9-15(10-8-14)21-16(22)19(5)11-12-20(6,17(23)24)18(19,3)4/h7-10,13H,11-12H2,1-6H3,(H,21,22)(H,23,24). The Bertz CT molecular complexity index is 647. The van der Waals surface area contributed by atoms with E-state index in [1.54, 1.807) is 6.92 Å². The fourth-order valence-electron chi connectivity index (χ4n) is 3.73. The number of carbonyl (C=O) groups excluding carboxylic acids is 1. The van der Waals surface area contributed by atoms with Crippen LogP contribution in [0.2, 0.25) is 0 Å². The van der Waals surface area contributed by atoms with Crippen LogP contribution in [0.5, 0.6) is 0 Å². The van der Waals surface area contributed by atoms with Crippen molar-refractivity contribution in [1.82, 2.24) is 0 Å². The minimum absolute atomic E-state index is 0.102. The van der Waals surface area contributed by atoms with E-state index in [4.69, 9.17) is 0 Å². The van der Waals surface area contributed by atoms with Crippen LogP contribution in [0.25, 0.3) is 0 Å². The normalized spacial score (nSPS) is 28.8. The molecule has 4 heteroatoms. The number of hydrogen-bond acceptors (Lipinski definition) is 2. The van der Waals surface area contributed by atoms with E-state index in [0.29, 0.717) is 18.8 Å². The van der Waals surface area contributed by atoms with Crippen molar-refractivity contribution in [1.29, 1.82) is 0 Å². The number of rotatable bonds is 4. The van der Waals surface area contributed by atoms with Gasteiger partial charge in [0.25, 0.3) is 0 Å². The van der Waals surface area contributed by atoms with Gasteiger partial charge in [0, 0.05) is 5.69 Å². The number of carbonyl (C=O) groups is 2. The van der Waals surface area contributed by atoms with Crippen LogP contribution in [-0.4, -0.2) is 17.0 Å². The molecule has 1 fully saturated rings. The first-order valence-corrected chi connectivity index (χ1v) is 8.60. The highest BCUT2D eigenvalue weighted by atomic mass is 16.4. The number of hydrogen-bond donors (Lipinski definition) is 2. The van der Waals surface area contributed by atoms with E-state index in [1.807, 2.05) is 45.0 Å². The van der Waals surface area contributed by atoms with Crippen LogP contribution in [-0.2, 0) is 9.59 Å². The highest BCUT2D eigenvalue weighted by Crippen LogP contribution is 2.63. The predicted molar refractivity (Wildman–Crippen MR) is 96.0 cm³/mol. The molecular weight excluding hydrogens is 302 g/mol. The monoisotopic (exact) mass is 331 g/mol. The molecule has 2 N–H and O–H groups in total. The van der Waals surface area contributed by atoms with Crippen LogP contribution in [0.3, 0.4) is 0 Å². The lowest BCUT2D eigenvalue weighted by atomic mass is 9.59. The van der Waals surface area contributed by atoms with Crippen molar-refractivity contribution in [3.8, 4) is 0 Å². The summed E-state index contributed by atoms with van der Waals surface area (Å²) < 4.78 is 0. The zero-order valence-electron chi connectivity index (χ0n) is 15.6. The van der Waals surface area contributed by atoms with Crippen molar-refractivity contribution in [2.24, 2.45) is 16.2 Å². The Morgan fingerprint density at radius 1 is 1.00 bits per heavy atom. The van der Waals surface area contributed by atoms with Crippen LogP contribution >= 0.6 is 0 Å². The molecule has 1 aromatic rings.